The molecule has 1 fully saturated rings. The third kappa shape index (κ3) is 3.56. The van der Waals surface area contributed by atoms with Crippen LogP contribution < -0.4 is 10.5 Å². The molecule has 1 amide bonds. The molecule has 21 heavy (non-hydrogen) atoms. The number of nitrogens with two attached hydrogens (primary N) is 1. The first-order chi connectivity index (χ1) is 10.0. The van der Waals surface area contributed by atoms with E-state index in [1.165, 1.54) is 0 Å². The second-order valence-electron chi connectivity index (χ2n) is 5.23. The standard InChI is InChI=1S/C15H22N2O3S/c1-11(15(18)17-8-4-3-5-9-17)21(19)14-10-12(20-2)6-7-13(14)16/h6-7,10-11H,3-5,8-9,16H2,1-2H3. The average molecular weight is 310 g/mol. The van der Waals surface area contributed by atoms with Crippen molar-refractivity contribution in [2.75, 3.05) is 25.9 Å². The molecule has 0 aromatic heterocycles. The van der Waals surface area contributed by atoms with Crippen LogP contribution in [-0.4, -0.2) is 40.5 Å². The summed E-state index contributed by atoms with van der Waals surface area (Å²) >= 11 is 0. The first-order valence-electron chi connectivity index (χ1n) is 7.17. The van der Waals surface area contributed by atoms with Crippen molar-refractivity contribution >= 4 is 22.4 Å². The number of methoxy groups -OCH3 is 1. The summed E-state index contributed by atoms with van der Waals surface area (Å²) in [6, 6.07) is 5.02. The predicted molar refractivity (Wildman–Crippen MR) is 83.7 cm³/mol. The van der Waals surface area contributed by atoms with Gasteiger partial charge in [0.05, 0.1) is 22.8 Å². The van der Waals surface area contributed by atoms with E-state index in [1.54, 1.807) is 32.2 Å². The van der Waals surface area contributed by atoms with Crippen LogP contribution in [0.4, 0.5) is 5.69 Å². The Morgan fingerprint density at radius 2 is 2.00 bits per heavy atom. The van der Waals surface area contributed by atoms with Crippen molar-refractivity contribution in [2.24, 2.45) is 0 Å². The molecule has 0 spiro atoms. The van der Waals surface area contributed by atoms with Crippen molar-refractivity contribution in [1.82, 2.24) is 4.90 Å². The van der Waals surface area contributed by atoms with Gasteiger partial charge in [-0.05, 0) is 44.4 Å². The van der Waals surface area contributed by atoms with Gasteiger partial charge < -0.3 is 15.4 Å². The molecule has 2 unspecified atom stereocenters. The monoisotopic (exact) mass is 310 g/mol. The number of amides is 1. The molecule has 1 heterocycles. The van der Waals surface area contributed by atoms with E-state index in [9.17, 15) is 9.00 Å². The lowest BCUT2D eigenvalue weighted by atomic mass is 10.1. The van der Waals surface area contributed by atoms with Crippen LogP contribution >= 0.6 is 0 Å². The summed E-state index contributed by atoms with van der Waals surface area (Å²) < 4.78 is 17.8. The molecule has 0 radical (unpaired) electrons. The maximum Gasteiger partial charge on any atom is 0.238 e. The van der Waals surface area contributed by atoms with Crippen LogP contribution in [0, 0.1) is 0 Å². The Morgan fingerprint density at radius 3 is 2.62 bits per heavy atom. The van der Waals surface area contributed by atoms with Gasteiger partial charge in [0.1, 0.15) is 11.0 Å². The largest absolute Gasteiger partial charge is 0.497 e. The smallest absolute Gasteiger partial charge is 0.238 e. The SMILES string of the molecule is COc1ccc(N)c(S(=O)C(C)C(=O)N2CCCCC2)c1. The van der Waals surface area contributed by atoms with Crippen LogP contribution in [0.3, 0.4) is 0 Å². The van der Waals surface area contributed by atoms with E-state index < -0.39 is 16.0 Å². The normalized spacial score (nSPS) is 18.1. The van der Waals surface area contributed by atoms with Gasteiger partial charge >= 0.3 is 0 Å². The highest BCUT2D eigenvalue weighted by molar-refractivity contribution is 7.86. The van der Waals surface area contributed by atoms with Crippen molar-refractivity contribution < 1.29 is 13.7 Å². The minimum absolute atomic E-state index is 0.0600. The van der Waals surface area contributed by atoms with Crippen molar-refractivity contribution in [3.63, 3.8) is 0 Å². The highest BCUT2D eigenvalue weighted by atomic mass is 32.2. The molecule has 1 aliphatic rings. The summed E-state index contributed by atoms with van der Waals surface area (Å²) in [5.41, 5.74) is 6.31. The van der Waals surface area contributed by atoms with Crippen LogP contribution in [0.5, 0.6) is 5.75 Å². The van der Waals surface area contributed by atoms with E-state index in [1.807, 2.05) is 4.90 Å². The molecule has 2 rings (SSSR count). The van der Waals surface area contributed by atoms with Gasteiger partial charge in [-0.2, -0.15) is 0 Å². The fraction of sp³-hybridized carbons (Fsp3) is 0.533. The summed E-state index contributed by atoms with van der Waals surface area (Å²) in [4.78, 5) is 14.7. The van der Waals surface area contributed by atoms with Gasteiger partial charge in [0.2, 0.25) is 5.91 Å². The third-order valence-electron chi connectivity index (χ3n) is 3.77. The molecule has 5 nitrogen and oxygen atoms in total. The topological polar surface area (TPSA) is 72.6 Å². The molecule has 6 heteroatoms. The zero-order chi connectivity index (χ0) is 15.4. The minimum Gasteiger partial charge on any atom is -0.497 e. The van der Waals surface area contributed by atoms with Crippen molar-refractivity contribution in [2.45, 2.75) is 36.3 Å². The number of carbonyl (C=O) groups excluding carboxylic acids is 1. The van der Waals surface area contributed by atoms with Crippen molar-refractivity contribution in [3.05, 3.63) is 18.2 Å². The lowest BCUT2D eigenvalue weighted by molar-refractivity contribution is -0.131. The highest BCUT2D eigenvalue weighted by Crippen LogP contribution is 2.25. The number of ether oxygens (including phenoxy) is 1. The number of anilines is 1. The number of rotatable bonds is 4. The molecule has 1 aliphatic heterocycles. The molecule has 116 valence electrons. The Bertz CT molecular complexity index is 542. The first-order valence-corrected chi connectivity index (χ1v) is 8.38. The molecule has 0 saturated carbocycles. The second kappa shape index (κ2) is 6.93. The predicted octanol–water partition coefficient (Wildman–Crippen LogP) is 1.79. The first kappa shape index (κ1) is 15.8. The fourth-order valence-electron chi connectivity index (χ4n) is 2.47. The number of hydrogen-bond acceptors (Lipinski definition) is 4. The van der Waals surface area contributed by atoms with Crippen LogP contribution in [-0.2, 0) is 15.6 Å². The van der Waals surface area contributed by atoms with Gasteiger partial charge in [-0.25, -0.2) is 0 Å². The summed E-state index contributed by atoms with van der Waals surface area (Å²) in [7, 11) is 0.0626. The second-order valence-corrected chi connectivity index (χ2v) is 6.97. The van der Waals surface area contributed by atoms with E-state index in [0.717, 1.165) is 32.4 Å². The quantitative estimate of drug-likeness (QED) is 0.861. The van der Waals surface area contributed by atoms with Crippen LogP contribution in [0.15, 0.2) is 23.1 Å². The summed E-state index contributed by atoms with van der Waals surface area (Å²) in [6.07, 6.45) is 3.20. The number of likely N-dealkylation sites (tertiary alicyclic amines) is 1. The van der Waals surface area contributed by atoms with Crippen LogP contribution in [0.1, 0.15) is 26.2 Å². The van der Waals surface area contributed by atoms with E-state index in [4.69, 9.17) is 10.5 Å². The summed E-state index contributed by atoms with van der Waals surface area (Å²) in [6.45, 7) is 3.22. The van der Waals surface area contributed by atoms with E-state index in [-0.39, 0.29) is 5.91 Å². The van der Waals surface area contributed by atoms with Crippen LogP contribution in [0.25, 0.3) is 0 Å². The third-order valence-corrected chi connectivity index (χ3v) is 5.41. The Labute approximate surface area is 127 Å². The van der Waals surface area contributed by atoms with E-state index in [2.05, 4.69) is 0 Å². The number of piperidine rings is 1. The Balaban J connectivity index is 2.16. The fourth-order valence-corrected chi connectivity index (χ4v) is 3.72. The molecule has 1 aromatic rings. The van der Waals surface area contributed by atoms with Gasteiger partial charge in [-0.15, -0.1) is 0 Å². The molecule has 0 bridgehead atoms. The minimum atomic E-state index is -1.48. The van der Waals surface area contributed by atoms with E-state index >= 15 is 0 Å². The number of hydrogen-bond donors (Lipinski definition) is 1. The lowest BCUT2D eigenvalue weighted by Gasteiger charge is -2.29. The summed E-state index contributed by atoms with van der Waals surface area (Å²) in [5, 5.41) is -0.600. The molecule has 2 atom stereocenters. The van der Waals surface area contributed by atoms with Crippen LogP contribution in [0.2, 0.25) is 0 Å². The molecular weight excluding hydrogens is 288 g/mol. The Kier molecular flexibility index (Phi) is 5.22. The molecule has 0 aliphatic carbocycles. The van der Waals surface area contributed by atoms with Crippen molar-refractivity contribution in [1.29, 1.82) is 0 Å². The number of benzene rings is 1. The van der Waals surface area contributed by atoms with E-state index in [0.29, 0.717) is 16.3 Å². The molecular formula is C15H22N2O3S. The number of carbonyl (C=O) groups is 1. The Hall–Kier alpha value is -1.56. The maximum absolute atomic E-state index is 12.6. The number of nitrogen functional groups attached to an aromatic ring is 1. The lowest BCUT2D eigenvalue weighted by Crippen LogP contribution is -2.42. The Morgan fingerprint density at radius 1 is 1.33 bits per heavy atom. The molecule has 1 saturated heterocycles. The average Bonchev–Trinajstić information content (AvgIpc) is 2.54. The summed E-state index contributed by atoms with van der Waals surface area (Å²) in [5.74, 6) is 0.528. The maximum atomic E-state index is 12.6. The van der Waals surface area contributed by atoms with Gasteiger partial charge in [0, 0.05) is 18.8 Å². The molecule has 1 aromatic carbocycles. The highest BCUT2D eigenvalue weighted by Gasteiger charge is 2.28. The van der Waals surface area contributed by atoms with Gasteiger partial charge in [-0.3, -0.25) is 9.00 Å². The zero-order valence-corrected chi connectivity index (χ0v) is 13.3. The molecule has 2 N–H and O–H groups in total. The van der Waals surface area contributed by atoms with Gasteiger partial charge in [0.15, 0.2) is 0 Å². The van der Waals surface area contributed by atoms with Gasteiger partial charge in [-0.1, -0.05) is 0 Å². The van der Waals surface area contributed by atoms with Crippen molar-refractivity contribution in [3.8, 4) is 5.75 Å². The zero-order valence-electron chi connectivity index (χ0n) is 12.5. The number of nitrogens with zero attached hydrogens (tertiary/aromatic N) is 1. The van der Waals surface area contributed by atoms with Gasteiger partial charge in [0.25, 0.3) is 0 Å².